The molecule has 1 heterocycles. The van der Waals surface area contributed by atoms with Crippen LogP contribution in [0.5, 0.6) is 5.75 Å². The third-order valence-electron chi connectivity index (χ3n) is 4.52. The van der Waals surface area contributed by atoms with Gasteiger partial charge in [0.1, 0.15) is 12.3 Å². The topological polar surface area (TPSA) is 75.7 Å². The lowest BCUT2D eigenvalue weighted by molar-refractivity contribution is -0.127. The lowest BCUT2D eigenvalue weighted by atomic mass is 10.1. The van der Waals surface area contributed by atoms with Crippen LogP contribution in [-0.2, 0) is 9.59 Å². The van der Waals surface area contributed by atoms with Gasteiger partial charge in [-0.15, -0.1) is 0 Å². The van der Waals surface area contributed by atoms with Crippen LogP contribution in [0.4, 0.5) is 10.5 Å². The highest BCUT2D eigenvalue weighted by Crippen LogP contribution is 2.32. The van der Waals surface area contributed by atoms with Crippen LogP contribution in [0, 0.1) is 13.8 Å². The Labute approximate surface area is 180 Å². The molecule has 2 aromatic carbocycles. The number of rotatable bonds is 6. The number of benzene rings is 2. The summed E-state index contributed by atoms with van der Waals surface area (Å²) in [7, 11) is 0. The van der Waals surface area contributed by atoms with Gasteiger partial charge in [-0.05, 0) is 86.5 Å². The molecule has 0 aliphatic carbocycles. The molecule has 156 valence electrons. The average Bonchev–Trinajstić information content (AvgIpc) is 2.93. The van der Waals surface area contributed by atoms with Crippen molar-refractivity contribution >= 4 is 40.6 Å². The van der Waals surface area contributed by atoms with E-state index in [0.29, 0.717) is 5.69 Å². The summed E-state index contributed by atoms with van der Waals surface area (Å²) in [4.78, 5) is 38.5. The smallest absolute Gasteiger partial charge is 0.294 e. The summed E-state index contributed by atoms with van der Waals surface area (Å²) in [6, 6.07) is 12.8. The zero-order valence-electron chi connectivity index (χ0n) is 17.4. The molecule has 2 aromatic rings. The summed E-state index contributed by atoms with van der Waals surface area (Å²) in [5.74, 6) is -0.155. The molecule has 1 N–H and O–H groups in total. The molecule has 3 rings (SSSR count). The number of anilines is 1. The Morgan fingerprint density at radius 1 is 1.10 bits per heavy atom. The molecular formula is C23H24N2O4S. The summed E-state index contributed by atoms with van der Waals surface area (Å²) in [6.07, 6.45) is 1.72. The molecule has 0 unspecified atom stereocenters. The van der Waals surface area contributed by atoms with Crippen molar-refractivity contribution in [2.45, 2.75) is 33.8 Å². The molecule has 6 nitrogen and oxygen atoms in total. The van der Waals surface area contributed by atoms with Crippen LogP contribution in [0.3, 0.4) is 0 Å². The van der Waals surface area contributed by atoms with Crippen LogP contribution < -0.4 is 10.1 Å². The van der Waals surface area contributed by atoms with E-state index in [1.165, 1.54) is 0 Å². The molecule has 1 fully saturated rings. The van der Waals surface area contributed by atoms with Gasteiger partial charge in [-0.1, -0.05) is 18.2 Å². The quantitative estimate of drug-likeness (QED) is 0.677. The summed E-state index contributed by atoms with van der Waals surface area (Å²) >= 11 is 0.831. The first kappa shape index (κ1) is 21.6. The van der Waals surface area contributed by atoms with E-state index in [-0.39, 0.29) is 17.6 Å². The van der Waals surface area contributed by atoms with Crippen molar-refractivity contribution in [2.75, 3.05) is 11.9 Å². The normalized spacial score (nSPS) is 15.2. The fourth-order valence-corrected chi connectivity index (χ4v) is 3.70. The lowest BCUT2D eigenvalue weighted by Crippen LogP contribution is -2.36. The highest BCUT2D eigenvalue weighted by atomic mass is 32.2. The van der Waals surface area contributed by atoms with Crippen molar-refractivity contribution in [1.82, 2.24) is 4.90 Å². The van der Waals surface area contributed by atoms with Gasteiger partial charge in [0.15, 0.2) is 0 Å². The molecule has 0 atom stereocenters. The Bertz CT molecular complexity index is 1010. The van der Waals surface area contributed by atoms with Gasteiger partial charge in [0.25, 0.3) is 11.1 Å². The van der Waals surface area contributed by atoms with Crippen LogP contribution in [0.15, 0.2) is 47.4 Å². The second kappa shape index (κ2) is 9.17. The van der Waals surface area contributed by atoms with Crippen molar-refractivity contribution < 1.29 is 19.1 Å². The van der Waals surface area contributed by atoms with E-state index in [1.807, 2.05) is 64.1 Å². The predicted octanol–water partition coefficient (Wildman–Crippen LogP) is 4.77. The molecule has 1 aliphatic rings. The molecule has 1 saturated heterocycles. The molecule has 30 heavy (non-hydrogen) atoms. The monoisotopic (exact) mass is 424 g/mol. The minimum absolute atomic E-state index is 0.0716. The maximum absolute atomic E-state index is 12.6. The lowest BCUT2D eigenvalue weighted by Gasteiger charge is -2.13. The number of aryl methyl sites for hydroxylation is 2. The Morgan fingerprint density at radius 3 is 2.43 bits per heavy atom. The van der Waals surface area contributed by atoms with E-state index < -0.39 is 17.1 Å². The van der Waals surface area contributed by atoms with Crippen molar-refractivity contribution in [3.63, 3.8) is 0 Å². The highest BCUT2D eigenvalue weighted by Gasteiger charge is 2.36. The van der Waals surface area contributed by atoms with E-state index in [0.717, 1.165) is 39.1 Å². The van der Waals surface area contributed by atoms with Gasteiger partial charge in [-0.3, -0.25) is 19.3 Å². The fraction of sp³-hybridized carbons (Fsp3) is 0.261. The number of nitrogens with one attached hydrogen (secondary N) is 1. The minimum Gasteiger partial charge on any atom is -0.491 e. The molecule has 0 bridgehead atoms. The molecule has 0 saturated carbocycles. The first-order valence-electron chi connectivity index (χ1n) is 9.62. The van der Waals surface area contributed by atoms with E-state index >= 15 is 0 Å². The number of ether oxygens (including phenoxy) is 1. The van der Waals surface area contributed by atoms with Crippen LogP contribution in [-0.4, -0.2) is 34.6 Å². The summed E-state index contributed by atoms with van der Waals surface area (Å²) < 4.78 is 5.60. The van der Waals surface area contributed by atoms with E-state index in [4.69, 9.17) is 4.74 Å². The number of hydrogen-bond donors (Lipinski definition) is 1. The molecule has 0 radical (unpaired) electrons. The van der Waals surface area contributed by atoms with Gasteiger partial charge in [0, 0.05) is 5.69 Å². The third-order valence-corrected chi connectivity index (χ3v) is 5.42. The highest BCUT2D eigenvalue weighted by molar-refractivity contribution is 8.18. The number of amides is 3. The summed E-state index contributed by atoms with van der Waals surface area (Å²) in [5, 5.41) is 2.28. The first-order valence-corrected chi connectivity index (χ1v) is 10.4. The zero-order chi connectivity index (χ0) is 21.8. The number of nitrogens with zero attached hydrogens (tertiary/aromatic N) is 1. The Morgan fingerprint density at radius 2 is 1.80 bits per heavy atom. The second-order valence-electron chi connectivity index (χ2n) is 7.35. The number of carbonyl (C=O) groups excluding carboxylic acids is 3. The Balaban J connectivity index is 1.65. The average molecular weight is 425 g/mol. The molecule has 1 aliphatic heterocycles. The van der Waals surface area contributed by atoms with Crippen molar-refractivity contribution in [3.8, 4) is 5.75 Å². The predicted molar refractivity (Wildman–Crippen MR) is 119 cm³/mol. The van der Waals surface area contributed by atoms with Gasteiger partial charge in [-0.2, -0.15) is 0 Å². The van der Waals surface area contributed by atoms with Crippen LogP contribution in [0.2, 0.25) is 0 Å². The van der Waals surface area contributed by atoms with E-state index in [2.05, 4.69) is 5.32 Å². The van der Waals surface area contributed by atoms with Crippen molar-refractivity contribution in [2.24, 2.45) is 0 Å². The summed E-state index contributed by atoms with van der Waals surface area (Å²) in [5.41, 5.74) is 3.57. The fourth-order valence-electron chi connectivity index (χ4n) is 2.87. The number of carbonyl (C=O) groups is 3. The number of thioether (sulfide) groups is 1. The second-order valence-corrected chi connectivity index (χ2v) is 8.34. The maximum Gasteiger partial charge on any atom is 0.294 e. The largest absolute Gasteiger partial charge is 0.491 e. The van der Waals surface area contributed by atoms with Crippen LogP contribution >= 0.6 is 11.8 Å². The molecule has 0 aromatic heterocycles. The van der Waals surface area contributed by atoms with Gasteiger partial charge >= 0.3 is 0 Å². The third kappa shape index (κ3) is 5.30. The standard InChI is InChI=1S/C23H24N2O4S/c1-14(2)29-19-9-6-17(7-10-19)12-20-22(27)25(23(28)30-20)13-21(26)24-18-8-5-15(3)16(4)11-18/h5-12,14H,13H2,1-4H3,(H,24,26)/b20-12+. The SMILES string of the molecule is Cc1ccc(NC(=O)CN2C(=O)S/C(=C/c3ccc(OC(C)C)cc3)C2=O)cc1C. The first-order chi connectivity index (χ1) is 14.2. The molecule has 0 spiro atoms. The van der Waals surface area contributed by atoms with Gasteiger partial charge in [0.05, 0.1) is 11.0 Å². The number of hydrogen-bond acceptors (Lipinski definition) is 5. The summed E-state index contributed by atoms with van der Waals surface area (Å²) in [6.45, 7) is 7.50. The van der Waals surface area contributed by atoms with Crippen molar-refractivity contribution in [1.29, 1.82) is 0 Å². The zero-order valence-corrected chi connectivity index (χ0v) is 18.2. The minimum atomic E-state index is -0.470. The van der Waals surface area contributed by atoms with Gasteiger partial charge in [0.2, 0.25) is 5.91 Å². The van der Waals surface area contributed by atoms with Gasteiger partial charge < -0.3 is 10.1 Å². The van der Waals surface area contributed by atoms with E-state index in [9.17, 15) is 14.4 Å². The Hall–Kier alpha value is -3.06. The number of imide groups is 1. The van der Waals surface area contributed by atoms with Crippen LogP contribution in [0.25, 0.3) is 6.08 Å². The van der Waals surface area contributed by atoms with Crippen molar-refractivity contribution in [3.05, 3.63) is 64.1 Å². The molecule has 3 amide bonds. The Kier molecular flexibility index (Phi) is 6.62. The maximum atomic E-state index is 12.6. The van der Waals surface area contributed by atoms with Crippen LogP contribution in [0.1, 0.15) is 30.5 Å². The molecule has 7 heteroatoms. The van der Waals surface area contributed by atoms with Gasteiger partial charge in [-0.25, -0.2) is 0 Å². The van der Waals surface area contributed by atoms with E-state index in [1.54, 1.807) is 12.1 Å². The molecular weight excluding hydrogens is 400 g/mol.